The van der Waals surface area contributed by atoms with E-state index in [2.05, 4.69) is 10.2 Å². The molecule has 1 atom stereocenters. The number of benzene rings is 1. The van der Waals surface area contributed by atoms with Gasteiger partial charge in [-0.05, 0) is 31.0 Å². The van der Waals surface area contributed by atoms with Crippen LogP contribution < -0.4 is 5.32 Å². The Morgan fingerprint density at radius 1 is 1.13 bits per heavy atom. The zero-order chi connectivity index (χ0) is 16.6. The van der Waals surface area contributed by atoms with Gasteiger partial charge in [0.1, 0.15) is 16.5 Å². The van der Waals surface area contributed by atoms with Crippen molar-refractivity contribution in [3.63, 3.8) is 0 Å². The van der Waals surface area contributed by atoms with Crippen LogP contribution in [-0.4, -0.2) is 62.9 Å². The number of hydrogen-bond donors (Lipinski definition) is 1. The van der Waals surface area contributed by atoms with Gasteiger partial charge in [-0.1, -0.05) is 0 Å². The Hall–Kier alpha value is -1.09. The van der Waals surface area contributed by atoms with E-state index in [1.165, 1.54) is 11.2 Å². The average molecular weight is 345 g/mol. The second-order valence-corrected chi connectivity index (χ2v) is 8.03. The molecule has 1 aromatic carbocycles. The largest absolute Gasteiger partial charge is 0.314 e. The van der Waals surface area contributed by atoms with Crippen molar-refractivity contribution in [2.24, 2.45) is 0 Å². The van der Waals surface area contributed by atoms with Crippen molar-refractivity contribution in [2.45, 2.75) is 24.3 Å². The first-order valence-corrected chi connectivity index (χ1v) is 9.24. The first-order chi connectivity index (χ1) is 10.9. The number of nitrogens with zero attached hydrogens (tertiary/aromatic N) is 2. The molecule has 2 saturated heterocycles. The molecule has 0 amide bonds. The van der Waals surface area contributed by atoms with Crippen molar-refractivity contribution in [1.82, 2.24) is 14.5 Å². The zero-order valence-corrected chi connectivity index (χ0v) is 13.9. The van der Waals surface area contributed by atoms with Crippen molar-refractivity contribution >= 4 is 10.0 Å². The molecular weight excluding hydrogens is 324 g/mol. The maximum Gasteiger partial charge on any atom is 0.246 e. The molecule has 23 heavy (non-hydrogen) atoms. The Morgan fingerprint density at radius 2 is 1.83 bits per heavy atom. The summed E-state index contributed by atoms with van der Waals surface area (Å²) in [4.78, 5) is 1.69. The van der Waals surface area contributed by atoms with E-state index in [9.17, 15) is 17.2 Å². The van der Waals surface area contributed by atoms with Gasteiger partial charge in [-0.3, -0.25) is 4.90 Å². The number of nitrogens with one attached hydrogen (secondary N) is 1. The van der Waals surface area contributed by atoms with Crippen LogP contribution in [0.15, 0.2) is 17.0 Å². The first kappa shape index (κ1) is 16.8. The molecule has 2 aliphatic heterocycles. The lowest BCUT2D eigenvalue weighted by Gasteiger charge is -2.32. The molecule has 5 nitrogen and oxygen atoms in total. The minimum absolute atomic E-state index is 0.0987. The highest BCUT2D eigenvalue weighted by molar-refractivity contribution is 7.89. The monoisotopic (exact) mass is 345 g/mol. The summed E-state index contributed by atoms with van der Waals surface area (Å²) < 4.78 is 54.3. The third-order valence-corrected chi connectivity index (χ3v) is 6.51. The van der Waals surface area contributed by atoms with Crippen LogP contribution in [0, 0.1) is 18.6 Å². The second-order valence-electron chi connectivity index (χ2n) is 6.12. The number of aryl methyl sites for hydroxylation is 1. The molecule has 1 aromatic rings. The van der Waals surface area contributed by atoms with Gasteiger partial charge in [0.05, 0.1) is 0 Å². The molecule has 0 saturated carbocycles. The number of sulfonamides is 1. The minimum atomic E-state index is -4.00. The molecule has 0 aromatic heterocycles. The topological polar surface area (TPSA) is 52.7 Å². The third-order valence-electron chi connectivity index (χ3n) is 4.63. The van der Waals surface area contributed by atoms with Crippen LogP contribution in [0.2, 0.25) is 0 Å². The van der Waals surface area contributed by atoms with Crippen LogP contribution in [0.5, 0.6) is 0 Å². The Balaban J connectivity index is 1.80. The molecule has 1 unspecified atom stereocenters. The van der Waals surface area contributed by atoms with Crippen molar-refractivity contribution in [3.8, 4) is 0 Å². The molecule has 128 valence electrons. The van der Waals surface area contributed by atoms with Gasteiger partial charge in [-0.2, -0.15) is 4.31 Å². The fourth-order valence-corrected chi connectivity index (χ4v) is 4.79. The number of halogens is 2. The molecule has 2 fully saturated rings. The van der Waals surface area contributed by atoms with E-state index >= 15 is 0 Å². The normalized spacial score (nSPS) is 24.2. The van der Waals surface area contributed by atoms with E-state index in [0.717, 1.165) is 44.7 Å². The van der Waals surface area contributed by atoms with Crippen LogP contribution in [0.25, 0.3) is 0 Å². The highest BCUT2D eigenvalue weighted by Gasteiger charge is 2.37. The number of rotatable bonds is 3. The van der Waals surface area contributed by atoms with E-state index in [1.54, 1.807) is 0 Å². The molecule has 2 heterocycles. The van der Waals surface area contributed by atoms with Gasteiger partial charge >= 0.3 is 0 Å². The highest BCUT2D eigenvalue weighted by Crippen LogP contribution is 2.27. The van der Waals surface area contributed by atoms with E-state index in [1.807, 2.05) is 0 Å². The lowest BCUT2D eigenvalue weighted by atomic mass is 10.2. The van der Waals surface area contributed by atoms with Gasteiger partial charge in [-0.25, -0.2) is 17.2 Å². The van der Waals surface area contributed by atoms with Crippen molar-refractivity contribution in [1.29, 1.82) is 0 Å². The number of piperazine rings is 1. The zero-order valence-electron chi connectivity index (χ0n) is 13.1. The Labute approximate surface area is 135 Å². The smallest absolute Gasteiger partial charge is 0.246 e. The summed E-state index contributed by atoms with van der Waals surface area (Å²) in [6, 6.07) is 1.87. The molecule has 0 radical (unpaired) electrons. The van der Waals surface area contributed by atoms with Crippen molar-refractivity contribution in [3.05, 3.63) is 29.3 Å². The third kappa shape index (κ3) is 3.26. The van der Waals surface area contributed by atoms with Crippen LogP contribution in [0.1, 0.15) is 12.0 Å². The van der Waals surface area contributed by atoms with E-state index in [-0.39, 0.29) is 11.6 Å². The van der Waals surface area contributed by atoms with Crippen LogP contribution >= 0.6 is 0 Å². The molecule has 2 aliphatic rings. The highest BCUT2D eigenvalue weighted by atomic mass is 32.2. The quantitative estimate of drug-likeness (QED) is 0.886. The maximum absolute atomic E-state index is 14.0. The Morgan fingerprint density at radius 3 is 2.52 bits per heavy atom. The fourth-order valence-electron chi connectivity index (χ4n) is 3.24. The molecule has 0 aliphatic carbocycles. The van der Waals surface area contributed by atoms with E-state index < -0.39 is 26.6 Å². The van der Waals surface area contributed by atoms with Crippen LogP contribution in [-0.2, 0) is 10.0 Å². The summed E-state index contributed by atoms with van der Waals surface area (Å²) >= 11 is 0. The molecule has 0 spiro atoms. The maximum atomic E-state index is 14.0. The average Bonchev–Trinajstić information content (AvgIpc) is 3.02. The molecule has 3 rings (SSSR count). The van der Waals surface area contributed by atoms with Crippen LogP contribution in [0.4, 0.5) is 8.78 Å². The molecular formula is C15H21F2N3O2S. The molecule has 8 heteroatoms. The van der Waals surface area contributed by atoms with E-state index in [4.69, 9.17) is 0 Å². The summed E-state index contributed by atoms with van der Waals surface area (Å²) in [5.41, 5.74) is 0.0987. The lowest BCUT2D eigenvalue weighted by molar-refractivity contribution is 0.179. The van der Waals surface area contributed by atoms with Gasteiger partial charge in [-0.15, -0.1) is 0 Å². The fraction of sp³-hybridized carbons (Fsp3) is 0.600. The summed E-state index contributed by atoms with van der Waals surface area (Å²) in [5, 5.41) is 3.26. The molecule has 0 bridgehead atoms. The second kappa shape index (κ2) is 6.43. The Kier molecular flexibility index (Phi) is 4.68. The van der Waals surface area contributed by atoms with Gasteiger partial charge in [0.25, 0.3) is 0 Å². The lowest BCUT2D eigenvalue weighted by Crippen LogP contribution is -2.49. The molecule has 1 N–H and O–H groups in total. The van der Waals surface area contributed by atoms with Gasteiger partial charge in [0, 0.05) is 45.3 Å². The van der Waals surface area contributed by atoms with Gasteiger partial charge < -0.3 is 5.32 Å². The van der Waals surface area contributed by atoms with Crippen molar-refractivity contribution in [2.75, 3.05) is 39.3 Å². The SMILES string of the molecule is Cc1cc(F)c(S(=O)(=O)N2CCC(N3CCNCC3)C2)cc1F. The van der Waals surface area contributed by atoms with Crippen molar-refractivity contribution < 1.29 is 17.2 Å². The van der Waals surface area contributed by atoms with Gasteiger partial charge in [0.2, 0.25) is 10.0 Å². The summed E-state index contributed by atoms with van der Waals surface area (Å²) in [7, 11) is -4.00. The summed E-state index contributed by atoms with van der Waals surface area (Å²) in [6.07, 6.45) is 0.717. The predicted octanol–water partition coefficient (Wildman–Crippen LogP) is 0.941. The minimum Gasteiger partial charge on any atom is -0.314 e. The van der Waals surface area contributed by atoms with Crippen LogP contribution in [0.3, 0.4) is 0 Å². The van der Waals surface area contributed by atoms with E-state index in [0.29, 0.717) is 13.1 Å². The number of hydrogen-bond acceptors (Lipinski definition) is 4. The summed E-state index contributed by atoms with van der Waals surface area (Å²) in [5.74, 6) is -1.60. The van der Waals surface area contributed by atoms with Gasteiger partial charge in [0.15, 0.2) is 0 Å². The summed E-state index contributed by atoms with van der Waals surface area (Å²) in [6.45, 7) is 5.62. The standard InChI is InChI=1S/C15H21F2N3O2S/c1-11-8-14(17)15(9-13(11)16)23(21,22)20-5-2-12(10-20)19-6-3-18-4-7-19/h8-9,12,18H,2-7,10H2,1H3. The first-order valence-electron chi connectivity index (χ1n) is 7.80. The predicted molar refractivity (Wildman–Crippen MR) is 82.7 cm³/mol. The Bertz CT molecular complexity index is 690.